The van der Waals surface area contributed by atoms with E-state index in [9.17, 15) is 8.42 Å². The van der Waals surface area contributed by atoms with Gasteiger partial charge < -0.3 is 5.32 Å². The Morgan fingerprint density at radius 3 is 3.00 bits per heavy atom. The van der Waals surface area contributed by atoms with E-state index in [0.29, 0.717) is 10.9 Å². The lowest BCUT2D eigenvalue weighted by atomic mass is 10.2. The fourth-order valence-corrected chi connectivity index (χ4v) is 3.67. The average molecular weight is 261 g/mol. The van der Waals surface area contributed by atoms with Crippen LogP contribution in [-0.2, 0) is 9.84 Å². The van der Waals surface area contributed by atoms with Crippen molar-refractivity contribution in [1.82, 2.24) is 4.98 Å². The minimum absolute atomic E-state index is 0.0165. The Morgan fingerprint density at radius 2 is 2.31 bits per heavy atom. The van der Waals surface area contributed by atoms with Crippen LogP contribution in [0.15, 0.2) is 18.3 Å². The molecule has 88 valence electrons. The Labute approximate surface area is 99.9 Å². The molecule has 1 unspecified atom stereocenters. The van der Waals surface area contributed by atoms with Crippen LogP contribution in [0.1, 0.15) is 12.8 Å². The number of hydrogen-bond donors (Lipinski definition) is 1. The van der Waals surface area contributed by atoms with Crippen LogP contribution in [0.5, 0.6) is 0 Å². The second-order valence-electron chi connectivity index (χ2n) is 3.97. The maximum atomic E-state index is 11.4. The normalized spacial score (nSPS) is 23.9. The molecule has 4 nitrogen and oxygen atoms in total. The molecule has 1 aromatic heterocycles. The first-order chi connectivity index (χ1) is 7.55. The Kier molecular flexibility index (Phi) is 3.35. The first-order valence-electron chi connectivity index (χ1n) is 5.14. The van der Waals surface area contributed by atoms with Gasteiger partial charge in [0.2, 0.25) is 0 Å². The van der Waals surface area contributed by atoms with E-state index in [4.69, 9.17) is 11.6 Å². The van der Waals surface area contributed by atoms with Crippen molar-refractivity contribution < 1.29 is 8.42 Å². The molecule has 1 atom stereocenters. The van der Waals surface area contributed by atoms with Crippen molar-refractivity contribution in [3.8, 4) is 0 Å². The number of hydrogen-bond acceptors (Lipinski definition) is 4. The molecule has 1 saturated heterocycles. The number of anilines is 1. The molecule has 0 spiro atoms. The zero-order chi connectivity index (χ0) is 11.6. The molecular formula is C10H13ClN2O2S. The van der Waals surface area contributed by atoms with Crippen molar-refractivity contribution in [2.24, 2.45) is 0 Å². The molecule has 0 amide bonds. The largest absolute Gasteiger partial charge is 0.381 e. The summed E-state index contributed by atoms with van der Waals surface area (Å²) < 4.78 is 22.9. The number of nitrogens with zero attached hydrogens (tertiary/aromatic N) is 1. The SMILES string of the molecule is O=S1(=O)CCCC(Nc2ccnc(Cl)c2)C1. The van der Waals surface area contributed by atoms with E-state index >= 15 is 0 Å². The van der Waals surface area contributed by atoms with Gasteiger partial charge in [0.25, 0.3) is 0 Å². The second kappa shape index (κ2) is 4.59. The van der Waals surface area contributed by atoms with Crippen molar-refractivity contribution >= 4 is 27.1 Å². The van der Waals surface area contributed by atoms with Gasteiger partial charge in [0.05, 0.1) is 11.5 Å². The number of nitrogens with one attached hydrogen (secondary N) is 1. The third-order valence-electron chi connectivity index (χ3n) is 2.56. The summed E-state index contributed by atoms with van der Waals surface area (Å²) in [6.07, 6.45) is 3.19. The summed E-state index contributed by atoms with van der Waals surface area (Å²) in [5, 5.41) is 3.58. The van der Waals surface area contributed by atoms with E-state index in [1.54, 1.807) is 18.3 Å². The van der Waals surface area contributed by atoms with E-state index in [0.717, 1.165) is 18.5 Å². The predicted octanol–water partition coefficient (Wildman–Crippen LogP) is 1.72. The van der Waals surface area contributed by atoms with Crippen LogP contribution in [0.25, 0.3) is 0 Å². The van der Waals surface area contributed by atoms with Crippen LogP contribution in [0, 0.1) is 0 Å². The quantitative estimate of drug-likeness (QED) is 0.823. The van der Waals surface area contributed by atoms with Gasteiger partial charge in [-0.25, -0.2) is 13.4 Å². The van der Waals surface area contributed by atoms with Crippen molar-refractivity contribution in [3.05, 3.63) is 23.5 Å². The van der Waals surface area contributed by atoms with Gasteiger partial charge in [-0.3, -0.25) is 0 Å². The van der Waals surface area contributed by atoms with E-state index in [2.05, 4.69) is 10.3 Å². The number of aromatic nitrogens is 1. The van der Waals surface area contributed by atoms with E-state index in [-0.39, 0.29) is 11.8 Å². The molecule has 0 radical (unpaired) electrons. The Balaban J connectivity index is 2.05. The highest BCUT2D eigenvalue weighted by Crippen LogP contribution is 2.18. The molecule has 0 bridgehead atoms. The second-order valence-corrected chi connectivity index (χ2v) is 6.58. The van der Waals surface area contributed by atoms with Crippen LogP contribution in [0.4, 0.5) is 5.69 Å². The smallest absolute Gasteiger partial charge is 0.152 e. The first-order valence-corrected chi connectivity index (χ1v) is 7.34. The van der Waals surface area contributed by atoms with Crippen molar-refractivity contribution in [1.29, 1.82) is 0 Å². The highest BCUT2D eigenvalue weighted by atomic mass is 35.5. The highest BCUT2D eigenvalue weighted by Gasteiger charge is 2.24. The summed E-state index contributed by atoms with van der Waals surface area (Å²) in [5.74, 6) is 0.509. The topological polar surface area (TPSA) is 59.1 Å². The molecule has 0 saturated carbocycles. The Bertz CT molecular complexity index is 475. The van der Waals surface area contributed by atoms with Gasteiger partial charge in [0, 0.05) is 17.9 Å². The number of sulfone groups is 1. The summed E-state index contributed by atoms with van der Waals surface area (Å²) in [5.41, 5.74) is 0.821. The van der Waals surface area contributed by atoms with Gasteiger partial charge in [-0.1, -0.05) is 11.6 Å². The third-order valence-corrected chi connectivity index (χ3v) is 4.59. The van der Waals surface area contributed by atoms with Crippen molar-refractivity contribution in [2.45, 2.75) is 18.9 Å². The van der Waals surface area contributed by atoms with Gasteiger partial charge in [-0.15, -0.1) is 0 Å². The molecule has 0 aliphatic carbocycles. The van der Waals surface area contributed by atoms with Gasteiger partial charge in [-0.05, 0) is 25.0 Å². The zero-order valence-electron chi connectivity index (χ0n) is 8.69. The Hall–Kier alpha value is -0.810. The monoisotopic (exact) mass is 260 g/mol. The molecule has 1 aliphatic rings. The van der Waals surface area contributed by atoms with Crippen LogP contribution < -0.4 is 5.32 Å². The van der Waals surface area contributed by atoms with Crippen LogP contribution in [0.2, 0.25) is 5.15 Å². The third kappa shape index (κ3) is 3.09. The number of pyridine rings is 1. The lowest BCUT2D eigenvalue weighted by Gasteiger charge is -2.23. The van der Waals surface area contributed by atoms with Crippen molar-refractivity contribution in [2.75, 3.05) is 16.8 Å². The van der Waals surface area contributed by atoms with Gasteiger partial charge in [-0.2, -0.15) is 0 Å². The maximum absolute atomic E-state index is 11.4. The van der Waals surface area contributed by atoms with Gasteiger partial charge in [0.1, 0.15) is 5.15 Å². The minimum Gasteiger partial charge on any atom is -0.381 e. The van der Waals surface area contributed by atoms with Crippen LogP contribution in [-0.4, -0.2) is 30.9 Å². The molecule has 1 fully saturated rings. The van der Waals surface area contributed by atoms with E-state index in [1.165, 1.54) is 0 Å². The van der Waals surface area contributed by atoms with Gasteiger partial charge in [0.15, 0.2) is 9.84 Å². The highest BCUT2D eigenvalue weighted by molar-refractivity contribution is 7.91. The Morgan fingerprint density at radius 1 is 1.50 bits per heavy atom. The fourth-order valence-electron chi connectivity index (χ4n) is 1.86. The van der Waals surface area contributed by atoms with Gasteiger partial charge >= 0.3 is 0 Å². The van der Waals surface area contributed by atoms with E-state index < -0.39 is 9.84 Å². The standard InChI is InChI=1S/C10H13ClN2O2S/c11-10-6-8(3-4-12-10)13-9-2-1-5-16(14,15)7-9/h3-4,6,9H,1-2,5,7H2,(H,12,13). The first kappa shape index (κ1) is 11.7. The molecule has 1 N–H and O–H groups in total. The lowest BCUT2D eigenvalue weighted by molar-refractivity contribution is 0.562. The average Bonchev–Trinajstić information content (AvgIpc) is 2.15. The van der Waals surface area contributed by atoms with Crippen LogP contribution >= 0.6 is 11.6 Å². The maximum Gasteiger partial charge on any atom is 0.152 e. The zero-order valence-corrected chi connectivity index (χ0v) is 10.3. The lowest BCUT2D eigenvalue weighted by Crippen LogP contribution is -2.34. The summed E-state index contributed by atoms with van der Waals surface area (Å²) in [4.78, 5) is 3.87. The molecule has 16 heavy (non-hydrogen) atoms. The van der Waals surface area contributed by atoms with Crippen molar-refractivity contribution in [3.63, 3.8) is 0 Å². The fraction of sp³-hybridized carbons (Fsp3) is 0.500. The molecule has 1 aliphatic heterocycles. The molecule has 6 heteroatoms. The molecular weight excluding hydrogens is 248 g/mol. The summed E-state index contributed by atoms with van der Waals surface area (Å²) >= 11 is 5.75. The molecule has 1 aromatic rings. The molecule has 2 rings (SSSR count). The summed E-state index contributed by atoms with van der Waals surface area (Å²) in [6, 6.07) is 3.47. The summed E-state index contributed by atoms with van der Waals surface area (Å²) in [6.45, 7) is 0. The number of halogens is 1. The van der Waals surface area contributed by atoms with Crippen LogP contribution in [0.3, 0.4) is 0 Å². The summed E-state index contributed by atoms with van der Waals surface area (Å²) in [7, 11) is -2.87. The molecule has 0 aromatic carbocycles. The van der Waals surface area contributed by atoms with E-state index in [1.807, 2.05) is 0 Å². The predicted molar refractivity (Wildman–Crippen MR) is 64.5 cm³/mol. The molecule has 2 heterocycles. The number of rotatable bonds is 2. The minimum atomic E-state index is -2.87.